The minimum atomic E-state index is -0.0542. The molecule has 2 heterocycles. The van der Waals surface area contributed by atoms with Crippen LogP contribution < -0.4 is 10.1 Å². The van der Waals surface area contributed by atoms with Gasteiger partial charge >= 0.3 is 0 Å². The van der Waals surface area contributed by atoms with Gasteiger partial charge in [0.05, 0.1) is 0 Å². The first-order valence-electron chi connectivity index (χ1n) is 6.78. The Bertz CT molecular complexity index is 420. The number of hydrogen-bond acceptors (Lipinski definition) is 4. The molecule has 5 heteroatoms. The van der Waals surface area contributed by atoms with Gasteiger partial charge in [-0.3, -0.25) is 4.79 Å². The van der Waals surface area contributed by atoms with Crippen LogP contribution in [0.1, 0.15) is 36.5 Å². The van der Waals surface area contributed by atoms with Crippen LogP contribution in [0.3, 0.4) is 0 Å². The second kappa shape index (κ2) is 7.38. The molecule has 0 aliphatic carbocycles. The fourth-order valence-electron chi connectivity index (χ4n) is 1.87. The molecule has 0 saturated carbocycles. The number of carbonyl (C=O) groups is 1. The van der Waals surface area contributed by atoms with E-state index in [9.17, 15) is 4.79 Å². The molecule has 1 atom stereocenters. The highest BCUT2D eigenvalue weighted by atomic mass is 32.2. The third kappa shape index (κ3) is 4.42. The quantitative estimate of drug-likeness (QED) is 0.813. The normalized spacial score (nSPS) is 18.3. The van der Waals surface area contributed by atoms with Gasteiger partial charge in [-0.1, -0.05) is 13.3 Å². The van der Waals surface area contributed by atoms with Crippen LogP contribution in [0.5, 0.6) is 5.88 Å². The maximum atomic E-state index is 11.9. The van der Waals surface area contributed by atoms with Crippen LogP contribution in [0.4, 0.5) is 0 Å². The van der Waals surface area contributed by atoms with Crippen LogP contribution in [0.15, 0.2) is 18.3 Å². The number of pyridine rings is 1. The summed E-state index contributed by atoms with van der Waals surface area (Å²) in [6.07, 6.45) is 4.99. The number of unbranched alkanes of at least 4 members (excludes halogenated alkanes) is 1. The Balaban J connectivity index is 1.91. The lowest BCUT2D eigenvalue weighted by molar-refractivity contribution is 0.0952. The summed E-state index contributed by atoms with van der Waals surface area (Å²) >= 11 is 1.89. The molecule has 19 heavy (non-hydrogen) atoms. The highest BCUT2D eigenvalue weighted by Crippen LogP contribution is 2.22. The third-order valence-corrected chi connectivity index (χ3v) is 4.12. The summed E-state index contributed by atoms with van der Waals surface area (Å²) < 4.78 is 5.78. The smallest absolute Gasteiger partial charge is 0.251 e. The van der Waals surface area contributed by atoms with Crippen molar-refractivity contribution >= 4 is 17.7 Å². The van der Waals surface area contributed by atoms with E-state index in [4.69, 9.17) is 4.74 Å². The van der Waals surface area contributed by atoms with Crippen molar-refractivity contribution in [2.45, 2.75) is 32.3 Å². The summed E-state index contributed by atoms with van der Waals surface area (Å²) in [7, 11) is 0. The summed E-state index contributed by atoms with van der Waals surface area (Å²) in [5, 5.41) is 2.89. The van der Waals surface area contributed by atoms with E-state index in [0.717, 1.165) is 30.8 Å². The van der Waals surface area contributed by atoms with Gasteiger partial charge in [-0.15, -0.1) is 0 Å². The lowest BCUT2D eigenvalue weighted by Gasteiger charge is -2.12. The van der Waals surface area contributed by atoms with E-state index in [2.05, 4.69) is 17.2 Å². The molecule has 1 saturated heterocycles. The summed E-state index contributed by atoms with van der Waals surface area (Å²) in [6, 6.07) is 3.45. The average molecular weight is 280 g/mol. The van der Waals surface area contributed by atoms with Crippen molar-refractivity contribution in [3.63, 3.8) is 0 Å². The maximum Gasteiger partial charge on any atom is 0.251 e. The Kier molecular flexibility index (Phi) is 5.51. The molecule has 104 valence electrons. The highest BCUT2D eigenvalue weighted by molar-refractivity contribution is 7.99. The lowest BCUT2D eigenvalue weighted by Crippen LogP contribution is -2.24. The van der Waals surface area contributed by atoms with E-state index in [0.29, 0.717) is 18.0 Å². The highest BCUT2D eigenvalue weighted by Gasteiger charge is 2.18. The molecule has 0 radical (unpaired) electrons. The van der Waals surface area contributed by atoms with Crippen molar-refractivity contribution in [1.82, 2.24) is 10.3 Å². The topological polar surface area (TPSA) is 51.2 Å². The Morgan fingerprint density at radius 1 is 1.63 bits per heavy atom. The summed E-state index contributed by atoms with van der Waals surface area (Å²) in [4.78, 5) is 16.1. The molecule has 1 unspecified atom stereocenters. The van der Waals surface area contributed by atoms with E-state index in [1.165, 1.54) is 0 Å². The third-order valence-electron chi connectivity index (χ3n) is 2.99. The zero-order valence-electron chi connectivity index (χ0n) is 11.2. The summed E-state index contributed by atoms with van der Waals surface area (Å²) in [6.45, 7) is 2.82. The molecule has 1 N–H and O–H groups in total. The number of thioether (sulfide) groups is 1. The van der Waals surface area contributed by atoms with Gasteiger partial charge in [-0.25, -0.2) is 4.98 Å². The van der Waals surface area contributed by atoms with Gasteiger partial charge in [0.15, 0.2) is 0 Å². The minimum absolute atomic E-state index is 0.0542. The fraction of sp³-hybridized carbons (Fsp3) is 0.571. The number of nitrogens with zero attached hydrogens (tertiary/aromatic N) is 1. The van der Waals surface area contributed by atoms with Crippen LogP contribution in [-0.4, -0.2) is 35.0 Å². The van der Waals surface area contributed by atoms with Crippen molar-refractivity contribution < 1.29 is 9.53 Å². The van der Waals surface area contributed by atoms with Gasteiger partial charge in [0, 0.05) is 30.1 Å². The number of aromatic nitrogens is 1. The molecule has 4 nitrogen and oxygen atoms in total. The molecule has 1 aromatic heterocycles. The van der Waals surface area contributed by atoms with Gasteiger partial charge in [0.1, 0.15) is 6.10 Å². The molecular weight excluding hydrogens is 260 g/mol. The number of ether oxygens (including phenoxy) is 1. The Morgan fingerprint density at radius 2 is 2.53 bits per heavy atom. The first-order valence-corrected chi connectivity index (χ1v) is 7.93. The standard InChI is InChI=1S/C14H20N2O2S/c1-2-3-6-16-14(17)11-4-7-15-13(9-11)18-12-5-8-19-10-12/h4,7,9,12H,2-3,5-6,8,10H2,1H3,(H,16,17). The van der Waals surface area contributed by atoms with Gasteiger partial charge in [-0.2, -0.15) is 11.8 Å². The second-order valence-corrected chi connectivity index (χ2v) is 5.75. The van der Waals surface area contributed by atoms with Crippen LogP contribution >= 0.6 is 11.8 Å². The molecular formula is C14H20N2O2S. The molecule has 0 bridgehead atoms. The van der Waals surface area contributed by atoms with E-state index < -0.39 is 0 Å². The molecule has 1 aliphatic heterocycles. The predicted molar refractivity (Wildman–Crippen MR) is 77.8 cm³/mol. The molecule has 0 aromatic carbocycles. The summed E-state index contributed by atoms with van der Waals surface area (Å²) in [5.41, 5.74) is 0.617. The van der Waals surface area contributed by atoms with Crippen LogP contribution in [0.2, 0.25) is 0 Å². The van der Waals surface area contributed by atoms with Crippen molar-refractivity contribution in [2.75, 3.05) is 18.1 Å². The monoisotopic (exact) mass is 280 g/mol. The number of hydrogen-bond donors (Lipinski definition) is 1. The van der Waals surface area contributed by atoms with Crippen LogP contribution in [0.25, 0.3) is 0 Å². The Morgan fingerprint density at radius 3 is 3.26 bits per heavy atom. The van der Waals surface area contributed by atoms with Gasteiger partial charge in [0.25, 0.3) is 5.91 Å². The Labute approximate surface area is 118 Å². The first-order chi connectivity index (χ1) is 9.29. The summed E-state index contributed by atoms with van der Waals surface area (Å²) in [5.74, 6) is 2.65. The van der Waals surface area contributed by atoms with E-state index in [-0.39, 0.29) is 12.0 Å². The first kappa shape index (κ1) is 14.2. The SMILES string of the molecule is CCCCNC(=O)c1ccnc(OC2CCSC2)c1. The van der Waals surface area contributed by atoms with Crippen LogP contribution in [-0.2, 0) is 0 Å². The minimum Gasteiger partial charge on any atom is -0.473 e. The van der Waals surface area contributed by atoms with Gasteiger partial charge < -0.3 is 10.1 Å². The van der Waals surface area contributed by atoms with Crippen LogP contribution in [0, 0.1) is 0 Å². The van der Waals surface area contributed by atoms with E-state index in [1.54, 1.807) is 18.3 Å². The average Bonchev–Trinajstić information content (AvgIpc) is 2.92. The molecule has 1 fully saturated rings. The Hall–Kier alpha value is -1.23. The molecule has 2 rings (SSSR count). The van der Waals surface area contributed by atoms with Crippen molar-refractivity contribution in [3.05, 3.63) is 23.9 Å². The number of amides is 1. The van der Waals surface area contributed by atoms with E-state index in [1.807, 2.05) is 11.8 Å². The number of nitrogens with one attached hydrogen (secondary N) is 1. The predicted octanol–water partition coefficient (Wildman–Crippen LogP) is 2.50. The molecule has 1 aliphatic rings. The number of rotatable bonds is 6. The van der Waals surface area contributed by atoms with E-state index >= 15 is 0 Å². The lowest BCUT2D eigenvalue weighted by atomic mass is 10.2. The van der Waals surface area contributed by atoms with Gasteiger partial charge in [0.2, 0.25) is 5.88 Å². The zero-order valence-corrected chi connectivity index (χ0v) is 12.0. The van der Waals surface area contributed by atoms with Crippen molar-refractivity contribution in [2.24, 2.45) is 0 Å². The largest absolute Gasteiger partial charge is 0.473 e. The van der Waals surface area contributed by atoms with Crippen molar-refractivity contribution in [1.29, 1.82) is 0 Å². The maximum absolute atomic E-state index is 11.9. The fourth-order valence-corrected chi connectivity index (χ4v) is 2.97. The molecule has 1 aromatic rings. The van der Waals surface area contributed by atoms with Crippen molar-refractivity contribution in [3.8, 4) is 5.88 Å². The molecule has 1 amide bonds. The number of carbonyl (C=O) groups excluding carboxylic acids is 1. The second-order valence-electron chi connectivity index (χ2n) is 4.60. The van der Waals surface area contributed by atoms with Gasteiger partial charge in [-0.05, 0) is 24.7 Å². The zero-order chi connectivity index (χ0) is 13.5. The molecule has 0 spiro atoms.